The Kier molecular flexibility index (Phi) is 60.9. The summed E-state index contributed by atoms with van der Waals surface area (Å²) in [5.74, 6) is -0.0120. The van der Waals surface area contributed by atoms with Gasteiger partial charge in [0.25, 0.3) is 0 Å². The first-order valence-corrected chi connectivity index (χ1v) is 32.9. The number of esters is 1. The number of ether oxygens (including phenoxy) is 1. The average Bonchev–Trinajstić information content (AvgIpc) is 3.38. The Morgan fingerprint density at radius 3 is 0.986 bits per heavy atom. The van der Waals surface area contributed by atoms with E-state index in [4.69, 9.17) is 4.74 Å². The van der Waals surface area contributed by atoms with Crippen LogP contribution in [0.1, 0.15) is 373 Å². The van der Waals surface area contributed by atoms with Crippen molar-refractivity contribution in [2.24, 2.45) is 0 Å². The molecule has 0 aliphatic rings. The second-order valence-electron chi connectivity index (χ2n) is 22.8. The van der Waals surface area contributed by atoms with Crippen molar-refractivity contribution in [3.05, 3.63) is 12.2 Å². The summed E-state index contributed by atoms with van der Waals surface area (Å²) in [5, 5.41) is 23.1. The lowest BCUT2D eigenvalue weighted by molar-refractivity contribution is -0.143. The molecule has 0 aromatic carbocycles. The maximum absolute atomic E-state index is 12.4. The molecule has 0 rings (SSSR count). The third-order valence-corrected chi connectivity index (χ3v) is 15.6. The van der Waals surface area contributed by atoms with Gasteiger partial charge in [-0.3, -0.25) is 9.59 Å². The highest BCUT2D eigenvalue weighted by atomic mass is 16.5. The summed E-state index contributed by atoms with van der Waals surface area (Å²) >= 11 is 0. The number of aliphatic hydroxyl groups excluding tert-OH is 2. The molecule has 0 spiro atoms. The van der Waals surface area contributed by atoms with E-state index in [0.717, 1.165) is 38.5 Å². The summed E-state index contributed by atoms with van der Waals surface area (Å²) in [4.78, 5) is 24.5. The number of unbranched alkanes of at least 4 members (excludes halogenated alkanes) is 49. The molecule has 0 aliphatic heterocycles. The number of amides is 1. The van der Waals surface area contributed by atoms with E-state index in [1.165, 1.54) is 302 Å². The van der Waals surface area contributed by atoms with Gasteiger partial charge >= 0.3 is 5.97 Å². The summed E-state index contributed by atoms with van der Waals surface area (Å²) in [5.41, 5.74) is 0. The third kappa shape index (κ3) is 57.9. The van der Waals surface area contributed by atoms with Gasteiger partial charge in [0.15, 0.2) is 0 Å². The number of allylic oxidation sites excluding steroid dienone is 2. The number of carbonyl (C=O) groups is 2. The maximum atomic E-state index is 12.4. The molecule has 0 aromatic heterocycles. The highest BCUT2D eigenvalue weighted by molar-refractivity contribution is 5.76. The molecule has 0 radical (unpaired) electrons. The van der Waals surface area contributed by atoms with Crippen LogP contribution in [0.25, 0.3) is 0 Å². The van der Waals surface area contributed by atoms with Crippen LogP contribution in [0.2, 0.25) is 0 Å². The van der Waals surface area contributed by atoms with Gasteiger partial charge in [-0.15, -0.1) is 0 Å². The zero-order valence-corrected chi connectivity index (χ0v) is 48.9. The summed E-state index contributed by atoms with van der Waals surface area (Å²) in [7, 11) is 0. The van der Waals surface area contributed by atoms with Crippen molar-refractivity contribution in [3.63, 3.8) is 0 Å². The quantitative estimate of drug-likeness (QED) is 0.0320. The van der Waals surface area contributed by atoms with E-state index in [9.17, 15) is 19.8 Å². The standard InChI is InChI=1S/C66H129NO5/c1-3-5-7-9-11-13-14-15-37-40-44-48-52-56-60-66(71)72-61-57-53-49-45-41-38-35-33-31-29-27-25-23-21-19-17-16-18-20-22-24-26-28-30-32-34-36-39-43-47-51-55-59-65(70)67-63(62-68)64(69)58-54-50-46-42-12-10-8-6-4-2/h19,21,63-64,68-69H,3-18,20,22-62H2,1-2H3,(H,67,70)/b21-19-. The minimum atomic E-state index is -0.659. The van der Waals surface area contributed by atoms with Crippen molar-refractivity contribution in [2.45, 2.75) is 386 Å². The fourth-order valence-corrected chi connectivity index (χ4v) is 10.5. The van der Waals surface area contributed by atoms with Gasteiger partial charge in [-0.05, 0) is 51.4 Å². The molecule has 6 heteroatoms. The predicted octanol–water partition coefficient (Wildman–Crippen LogP) is 20.8. The lowest BCUT2D eigenvalue weighted by Crippen LogP contribution is -2.45. The van der Waals surface area contributed by atoms with Crippen molar-refractivity contribution in [1.29, 1.82) is 0 Å². The molecule has 0 bridgehead atoms. The highest BCUT2D eigenvalue weighted by Gasteiger charge is 2.20. The summed E-state index contributed by atoms with van der Waals surface area (Å²) in [6.45, 7) is 4.96. The van der Waals surface area contributed by atoms with E-state index in [1.807, 2.05) is 0 Å². The van der Waals surface area contributed by atoms with Crippen LogP contribution < -0.4 is 5.32 Å². The Bertz CT molecular complexity index is 1080. The lowest BCUT2D eigenvalue weighted by Gasteiger charge is -2.22. The van der Waals surface area contributed by atoms with Gasteiger partial charge in [-0.2, -0.15) is 0 Å². The first-order chi connectivity index (χ1) is 35.5. The summed E-state index contributed by atoms with van der Waals surface area (Å²) < 4.78 is 5.49. The molecule has 428 valence electrons. The molecule has 1 amide bonds. The van der Waals surface area contributed by atoms with Crippen molar-refractivity contribution in [2.75, 3.05) is 13.2 Å². The van der Waals surface area contributed by atoms with Crippen LogP contribution in [0.4, 0.5) is 0 Å². The van der Waals surface area contributed by atoms with E-state index >= 15 is 0 Å². The normalized spacial score (nSPS) is 12.6. The molecule has 0 fully saturated rings. The van der Waals surface area contributed by atoms with E-state index in [1.54, 1.807) is 0 Å². The molecule has 2 atom stereocenters. The molecule has 0 aliphatic carbocycles. The number of hydrogen-bond acceptors (Lipinski definition) is 5. The van der Waals surface area contributed by atoms with Crippen LogP contribution in [0, 0.1) is 0 Å². The van der Waals surface area contributed by atoms with Crippen molar-refractivity contribution < 1.29 is 24.5 Å². The van der Waals surface area contributed by atoms with E-state index in [-0.39, 0.29) is 18.5 Å². The van der Waals surface area contributed by atoms with E-state index < -0.39 is 12.1 Å². The van der Waals surface area contributed by atoms with Crippen molar-refractivity contribution in [3.8, 4) is 0 Å². The van der Waals surface area contributed by atoms with Crippen LogP contribution in [0.5, 0.6) is 0 Å². The second-order valence-corrected chi connectivity index (χ2v) is 22.8. The number of aliphatic hydroxyl groups is 2. The van der Waals surface area contributed by atoms with Gasteiger partial charge in [0.05, 0.1) is 25.4 Å². The first kappa shape index (κ1) is 70.6. The molecule has 0 saturated carbocycles. The van der Waals surface area contributed by atoms with E-state index in [2.05, 4.69) is 31.3 Å². The molecule has 0 saturated heterocycles. The molecule has 72 heavy (non-hydrogen) atoms. The monoisotopic (exact) mass is 1020 g/mol. The Balaban J connectivity index is 3.31. The fraction of sp³-hybridized carbons (Fsp3) is 0.939. The SMILES string of the molecule is CCCCCCCCCCCCCCCCC(=O)OCCCCCCCCCCCCCC/C=C\CCCCCCCCCCCCCCCCCCC(=O)NC(CO)C(O)CCCCCCCCCCC. The highest BCUT2D eigenvalue weighted by Crippen LogP contribution is 2.18. The topological polar surface area (TPSA) is 95.9 Å². The Morgan fingerprint density at radius 2 is 0.653 bits per heavy atom. The van der Waals surface area contributed by atoms with Gasteiger partial charge in [0, 0.05) is 12.8 Å². The Labute approximate surface area is 450 Å². The Hall–Kier alpha value is -1.40. The van der Waals surface area contributed by atoms with Crippen LogP contribution >= 0.6 is 0 Å². The molecular formula is C66H129NO5. The smallest absolute Gasteiger partial charge is 0.305 e. The van der Waals surface area contributed by atoms with Gasteiger partial charge in [-0.1, -0.05) is 321 Å². The largest absolute Gasteiger partial charge is 0.466 e. The summed E-state index contributed by atoms with van der Waals surface area (Å²) in [6, 6.07) is -0.536. The number of rotatable bonds is 62. The summed E-state index contributed by atoms with van der Waals surface area (Å²) in [6.07, 6.45) is 75.5. The fourth-order valence-electron chi connectivity index (χ4n) is 10.5. The second kappa shape index (κ2) is 62.1. The van der Waals surface area contributed by atoms with Gasteiger partial charge in [0.1, 0.15) is 0 Å². The number of carbonyl (C=O) groups excluding carboxylic acids is 2. The van der Waals surface area contributed by atoms with Crippen molar-refractivity contribution in [1.82, 2.24) is 5.32 Å². The molecule has 6 nitrogen and oxygen atoms in total. The van der Waals surface area contributed by atoms with Crippen LogP contribution in [-0.2, 0) is 14.3 Å². The molecule has 3 N–H and O–H groups in total. The van der Waals surface area contributed by atoms with Gasteiger partial charge < -0.3 is 20.3 Å². The number of hydrogen-bond donors (Lipinski definition) is 3. The molecule has 0 aromatic rings. The minimum absolute atomic E-state index is 0.0210. The van der Waals surface area contributed by atoms with Gasteiger partial charge in [-0.25, -0.2) is 0 Å². The van der Waals surface area contributed by atoms with Crippen molar-refractivity contribution >= 4 is 11.9 Å². The molecular weight excluding hydrogens is 887 g/mol. The van der Waals surface area contributed by atoms with Gasteiger partial charge in [0.2, 0.25) is 5.91 Å². The van der Waals surface area contributed by atoms with Crippen LogP contribution in [-0.4, -0.2) is 47.4 Å². The third-order valence-electron chi connectivity index (χ3n) is 15.6. The maximum Gasteiger partial charge on any atom is 0.305 e. The Morgan fingerprint density at radius 1 is 0.375 bits per heavy atom. The lowest BCUT2D eigenvalue weighted by atomic mass is 10.0. The van der Waals surface area contributed by atoms with E-state index in [0.29, 0.717) is 25.9 Å². The average molecular weight is 1020 g/mol. The minimum Gasteiger partial charge on any atom is -0.466 e. The zero-order valence-electron chi connectivity index (χ0n) is 48.9. The number of nitrogens with one attached hydrogen (secondary N) is 1. The zero-order chi connectivity index (χ0) is 52.2. The molecule has 0 heterocycles. The predicted molar refractivity (Wildman–Crippen MR) is 315 cm³/mol. The van der Waals surface area contributed by atoms with Crippen LogP contribution in [0.15, 0.2) is 12.2 Å². The molecule has 2 unspecified atom stereocenters. The first-order valence-electron chi connectivity index (χ1n) is 32.9. The van der Waals surface area contributed by atoms with Crippen LogP contribution in [0.3, 0.4) is 0 Å².